The van der Waals surface area contributed by atoms with Crippen molar-refractivity contribution >= 4 is 21.7 Å². The van der Waals surface area contributed by atoms with Crippen molar-refractivity contribution in [1.82, 2.24) is 0 Å². The molecule has 0 saturated heterocycles. The minimum Gasteiger partial charge on any atom is -0.294 e. The van der Waals surface area contributed by atoms with Gasteiger partial charge in [0.2, 0.25) is 0 Å². The highest BCUT2D eigenvalue weighted by Gasteiger charge is 2.12. The summed E-state index contributed by atoms with van der Waals surface area (Å²) >= 11 is 3.46. The fourth-order valence-electron chi connectivity index (χ4n) is 1.72. The Bertz CT molecular complexity index is 367. The Balaban J connectivity index is 2.76. The van der Waals surface area contributed by atoms with Crippen LogP contribution in [0.5, 0.6) is 0 Å². The largest absolute Gasteiger partial charge is 0.294 e. The van der Waals surface area contributed by atoms with Gasteiger partial charge in [-0.3, -0.25) is 4.79 Å². The maximum absolute atomic E-state index is 12.0. The first-order valence-electron chi connectivity index (χ1n) is 5.87. The van der Waals surface area contributed by atoms with E-state index in [0.29, 0.717) is 12.3 Å². The summed E-state index contributed by atoms with van der Waals surface area (Å²) in [5.41, 5.74) is 1.99. The molecule has 0 fully saturated rings. The molecule has 16 heavy (non-hydrogen) atoms. The van der Waals surface area contributed by atoms with Crippen LogP contribution >= 0.6 is 15.9 Å². The summed E-state index contributed by atoms with van der Waals surface area (Å²) in [6, 6.07) is 5.84. The number of rotatable bonds is 5. The molecule has 1 aromatic rings. The predicted octanol–water partition coefficient (Wildman–Crippen LogP) is 4.77. The molecule has 0 radical (unpaired) electrons. The Labute approximate surface area is 106 Å². The second-order valence-electron chi connectivity index (χ2n) is 4.27. The smallest absolute Gasteiger partial charge is 0.163 e. The first-order chi connectivity index (χ1) is 7.58. The fraction of sp³-hybridized carbons (Fsp3) is 0.500. The van der Waals surface area contributed by atoms with Crippen LogP contribution in [-0.4, -0.2) is 5.78 Å². The molecule has 88 valence electrons. The van der Waals surface area contributed by atoms with Gasteiger partial charge in [0.1, 0.15) is 0 Å². The van der Waals surface area contributed by atoms with E-state index in [1.807, 2.05) is 25.1 Å². The zero-order valence-corrected chi connectivity index (χ0v) is 11.8. The van der Waals surface area contributed by atoms with Crippen LogP contribution in [0, 0.1) is 12.8 Å². The molecule has 1 rings (SSSR count). The van der Waals surface area contributed by atoms with E-state index in [0.717, 1.165) is 22.9 Å². The summed E-state index contributed by atoms with van der Waals surface area (Å²) in [6.07, 6.45) is 2.83. The van der Waals surface area contributed by atoms with Crippen LogP contribution in [0.4, 0.5) is 0 Å². The molecule has 1 nitrogen and oxygen atoms in total. The number of hydrogen-bond donors (Lipinski definition) is 0. The second kappa shape index (κ2) is 6.19. The molecule has 0 aliphatic carbocycles. The molecule has 0 unspecified atom stereocenters. The number of hydrogen-bond acceptors (Lipinski definition) is 1. The van der Waals surface area contributed by atoms with E-state index in [1.165, 1.54) is 5.56 Å². The molecule has 0 spiro atoms. The van der Waals surface area contributed by atoms with E-state index in [1.54, 1.807) is 0 Å². The van der Waals surface area contributed by atoms with Crippen molar-refractivity contribution in [3.05, 3.63) is 33.8 Å². The number of ketones is 1. The summed E-state index contributed by atoms with van der Waals surface area (Å²) in [4.78, 5) is 12.0. The summed E-state index contributed by atoms with van der Waals surface area (Å²) in [6.45, 7) is 6.32. The number of Topliss-reactive ketones (excluding diaryl/α,β-unsaturated/α-hetero) is 1. The molecule has 0 saturated carbocycles. The molecule has 0 bridgehead atoms. The topological polar surface area (TPSA) is 17.1 Å². The monoisotopic (exact) mass is 282 g/mol. The first-order valence-corrected chi connectivity index (χ1v) is 6.67. The molecule has 0 aromatic heterocycles. The van der Waals surface area contributed by atoms with Crippen LogP contribution in [0.3, 0.4) is 0 Å². The van der Waals surface area contributed by atoms with Crippen molar-refractivity contribution in [3.8, 4) is 0 Å². The van der Waals surface area contributed by atoms with Gasteiger partial charge in [0, 0.05) is 16.5 Å². The number of halogens is 1. The van der Waals surface area contributed by atoms with Crippen molar-refractivity contribution in [3.63, 3.8) is 0 Å². The molecule has 2 heteroatoms. The average Bonchev–Trinajstić information content (AvgIpc) is 2.29. The third kappa shape index (κ3) is 3.44. The molecule has 0 aliphatic rings. The van der Waals surface area contributed by atoms with Crippen molar-refractivity contribution < 1.29 is 4.79 Å². The van der Waals surface area contributed by atoms with E-state index in [-0.39, 0.29) is 5.78 Å². The molecular formula is C14H19BrO. The quantitative estimate of drug-likeness (QED) is 0.711. The van der Waals surface area contributed by atoms with Gasteiger partial charge in [-0.05, 0) is 24.5 Å². The van der Waals surface area contributed by atoms with Gasteiger partial charge in [-0.2, -0.15) is 0 Å². The van der Waals surface area contributed by atoms with Crippen molar-refractivity contribution in [2.45, 2.75) is 40.0 Å². The van der Waals surface area contributed by atoms with E-state index in [9.17, 15) is 4.79 Å². The molecule has 0 heterocycles. The van der Waals surface area contributed by atoms with Crippen LogP contribution < -0.4 is 0 Å². The van der Waals surface area contributed by atoms with Crippen molar-refractivity contribution in [1.29, 1.82) is 0 Å². The van der Waals surface area contributed by atoms with Gasteiger partial charge in [0.15, 0.2) is 5.78 Å². The Morgan fingerprint density at radius 2 is 1.94 bits per heavy atom. The fourth-order valence-corrected chi connectivity index (χ4v) is 2.10. The molecule has 1 aromatic carbocycles. The first kappa shape index (κ1) is 13.4. The number of carbonyl (C=O) groups excluding carboxylic acids is 1. The minimum atomic E-state index is 0.259. The third-order valence-electron chi connectivity index (χ3n) is 3.12. The maximum Gasteiger partial charge on any atom is 0.163 e. The number of carbonyl (C=O) groups is 1. The van der Waals surface area contributed by atoms with Gasteiger partial charge in [0.05, 0.1) is 0 Å². The van der Waals surface area contributed by atoms with Gasteiger partial charge in [-0.15, -0.1) is 0 Å². The Kier molecular flexibility index (Phi) is 5.20. The zero-order chi connectivity index (χ0) is 12.1. The summed E-state index contributed by atoms with van der Waals surface area (Å²) < 4.78 is 1.02. The van der Waals surface area contributed by atoms with E-state index >= 15 is 0 Å². The Hall–Kier alpha value is -0.630. The summed E-state index contributed by atoms with van der Waals surface area (Å²) in [5.74, 6) is 0.780. The summed E-state index contributed by atoms with van der Waals surface area (Å²) in [5, 5.41) is 0. The predicted molar refractivity (Wildman–Crippen MR) is 71.9 cm³/mol. The highest BCUT2D eigenvalue weighted by Crippen LogP contribution is 2.21. The van der Waals surface area contributed by atoms with Gasteiger partial charge in [-0.1, -0.05) is 54.8 Å². The van der Waals surface area contributed by atoms with E-state index in [2.05, 4.69) is 29.8 Å². The standard InChI is InChI=1S/C14H19BrO/c1-4-11(5-2)8-14(16)12-7-6-10(3)13(15)9-12/h6-7,9,11H,4-5,8H2,1-3H3. The van der Waals surface area contributed by atoms with Crippen LogP contribution in [0.15, 0.2) is 22.7 Å². The molecule has 0 N–H and O–H groups in total. The minimum absolute atomic E-state index is 0.259. The zero-order valence-electron chi connectivity index (χ0n) is 10.2. The molecular weight excluding hydrogens is 264 g/mol. The van der Waals surface area contributed by atoms with Crippen LogP contribution in [-0.2, 0) is 0 Å². The number of aryl methyl sites for hydroxylation is 1. The third-order valence-corrected chi connectivity index (χ3v) is 3.98. The average molecular weight is 283 g/mol. The highest BCUT2D eigenvalue weighted by atomic mass is 79.9. The lowest BCUT2D eigenvalue weighted by Crippen LogP contribution is -2.07. The van der Waals surface area contributed by atoms with Crippen LogP contribution in [0.2, 0.25) is 0 Å². The number of benzene rings is 1. The maximum atomic E-state index is 12.0. The van der Waals surface area contributed by atoms with Gasteiger partial charge in [0.25, 0.3) is 0 Å². The van der Waals surface area contributed by atoms with Gasteiger partial charge >= 0.3 is 0 Å². The Morgan fingerprint density at radius 1 is 1.31 bits per heavy atom. The van der Waals surface area contributed by atoms with Gasteiger partial charge < -0.3 is 0 Å². The van der Waals surface area contributed by atoms with Crippen molar-refractivity contribution in [2.75, 3.05) is 0 Å². The van der Waals surface area contributed by atoms with E-state index < -0.39 is 0 Å². The lowest BCUT2D eigenvalue weighted by Gasteiger charge is -2.11. The van der Waals surface area contributed by atoms with Crippen LogP contribution in [0.1, 0.15) is 49.0 Å². The Morgan fingerprint density at radius 3 is 2.44 bits per heavy atom. The van der Waals surface area contributed by atoms with E-state index in [4.69, 9.17) is 0 Å². The normalized spacial score (nSPS) is 10.8. The van der Waals surface area contributed by atoms with Crippen LogP contribution in [0.25, 0.3) is 0 Å². The molecule has 0 aliphatic heterocycles. The van der Waals surface area contributed by atoms with Crippen molar-refractivity contribution in [2.24, 2.45) is 5.92 Å². The SMILES string of the molecule is CCC(CC)CC(=O)c1ccc(C)c(Br)c1. The van der Waals surface area contributed by atoms with Gasteiger partial charge in [-0.25, -0.2) is 0 Å². The summed E-state index contributed by atoms with van der Waals surface area (Å²) in [7, 11) is 0. The lowest BCUT2D eigenvalue weighted by atomic mass is 9.94. The molecule has 0 amide bonds. The molecule has 0 atom stereocenters. The second-order valence-corrected chi connectivity index (χ2v) is 5.13. The highest BCUT2D eigenvalue weighted by molar-refractivity contribution is 9.10. The lowest BCUT2D eigenvalue weighted by molar-refractivity contribution is 0.0958.